The summed E-state index contributed by atoms with van der Waals surface area (Å²) in [6.45, 7) is 1.78. The molecule has 4 heteroatoms. The molecule has 0 fully saturated rings. The Morgan fingerprint density at radius 1 is 0.895 bits per heavy atom. The zero-order valence-corrected chi connectivity index (χ0v) is 10.5. The Bertz CT molecular complexity index is 649. The van der Waals surface area contributed by atoms with E-state index in [2.05, 4.69) is 0 Å². The molecule has 0 atom stereocenters. The van der Waals surface area contributed by atoms with Crippen LogP contribution in [0.5, 0.6) is 0 Å². The van der Waals surface area contributed by atoms with Gasteiger partial charge in [-0.05, 0) is 24.1 Å². The van der Waals surface area contributed by atoms with Crippen LogP contribution in [0.25, 0.3) is 11.1 Å². The second-order valence-electron chi connectivity index (χ2n) is 4.27. The Kier molecular flexibility index (Phi) is 3.33. The third-order valence-electron chi connectivity index (χ3n) is 2.99. The first-order valence-electron chi connectivity index (χ1n) is 5.81. The predicted octanol–water partition coefficient (Wildman–Crippen LogP) is 1.86. The zero-order chi connectivity index (χ0) is 14.0. The van der Waals surface area contributed by atoms with Crippen molar-refractivity contribution in [3.8, 4) is 11.1 Å². The molecule has 2 amide bonds. The van der Waals surface area contributed by atoms with Crippen molar-refractivity contribution in [3.63, 3.8) is 0 Å². The van der Waals surface area contributed by atoms with Gasteiger partial charge in [0.1, 0.15) is 0 Å². The lowest BCUT2D eigenvalue weighted by molar-refractivity contribution is 0.0998. The molecule has 2 rings (SSSR count). The van der Waals surface area contributed by atoms with Crippen molar-refractivity contribution >= 4 is 11.8 Å². The quantitative estimate of drug-likeness (QED) is 0.875. The van der Waals surface area contributed by atoms with Crippen LogP contribution in [0.15, 0.2) is 42.5 Å². The van der Waals surface area contributed by atoms with E-state index < -0.39 is 11.8 Å². The van der Waals surface area contributed by atoms with Gasteiger partial charge in [0, 0.05) is 11.1 Å². The summed E-state index contributed by atoms with van der Waals surface area (Å²) >= 11 is 0. The average Bonchev–Trinajstić information content (AvgIpc) is 2.38. The van der Waals surface area contributed by atoms with E-state index >= 15 is 0 Å². The Labute approximate surface area is 111 Å². The van der Waals surface area contributed by atoms with Gasteiger partial charge in [0.2, 0.25) is 11.8 Å². The van der Waals surface area contributed by atoms with E-state index in [9.17, 15) is 9.59 Å². The molecule has 96 valence electrons. The zero-order valence-electron chi connectivity index (χ0n) is 10.5. The number of benzene rings is 2. The van der Waals surface area contributed by atoms with Crippen LogP contribution in [0.2, 0.25) is 0 Å². The van der Waals surface area contributed by atoms with Crippen molar-refractivity contribution in [2.75, 3.05) is 0 Å². The number of carbonyl (C=O) groups excluding carboxylic acids is 2. The first kappa shape index (κ1) is 12.8. The molecule has 2 aromatic carbocycles. The van der Waals surface area contributed by atoms with Gasteiger partial charge in [-0.1, -0.05) is 36.4 Å². The van der Waals surface area contributed by atoms with Gasteiger partial charge >= 0.3 is 0 Å². The molecule has 0 aromatic heterocycles. The number of aryl methyl sites for hydroxylation is 1. The Morgan fingerprint density at radius 3 is 2.05 bits per heavy atom. The van der Waals surface area contributed by atoms with Gasteiger partial charge in [0.25, 0.3) is 0 Å². The standard InChI is InChI=1S/C15H14N2O2/c1-9-7-8-11(14(16)18)13(12(9)15(17)19)10-5-3-2-4-6-10/h2-8H,1H3,(H2,16,18)(H2,17,19). The van der Waals surface area contributed by atoms with E-state index in [1.165, 1.54) is 0 Å². The molecule has 4 nitrogen and oxygen atoms in total. The van der Waals surface area contributed by atoms with Crippen molar-refractivity contribution in [1.82, 2.24) is 0 Å². The third kappa shape index (κ3) is 2.33. The fourth-order valence-corrected chi connectivity index (χ4v) is 2.13. The van der Waals surface area contributed by atoms with Crippen molar-refractivity contribution in [2.45, 2.75) is 6.92 Å². The van der Waals surface area contributed by atoms with Crippen LogP contribution in [-0.2, 0) is 0 Å². The first-order chi connectivity index (χ1) is 9.02. The molecule has 0 radical (unpaired) electrons. The monoisotopic (exact) mass is 254 g/mol. The summed E-state index contributed by atoms with van der Waals surface area (Å²) in [7, 11) is 0. The van der Waals surface area contributed by atoms with E-state index in [0.717, 1.165) is 11.1 Å². The topological polar surface area (TPSA) is 86.2 Å². The lowest BCUT2D eigenvalue weighted by Gasteiger charge is -2.13. The molecule has 0 saturated carbocycles. The minimum Gasteiger partial charge on any atom is -0.366 e. The van der Waals surface area contributed by atoms with Crippen LogP contribution in [0.3, 0.4) is 0 Å². The van der Waals surface area contributed by atoms with Gasteiger partial charge in [-0.2, -0.15) is 0 Å². The van der Waals surface area contributed by atoms with Crippen LogP contribution in [-0.4, -0.2) is 11.8 Å². The molecular formula is C15H14N2O2. The molecule has 0 bridgehead atoms. The number of primary amides is 2. The highest BCUT2D eigenvalue weighted by molar-refractivity contribution is 6.09. The molecule has 0 heterocycles. The Morgan fingerprint density at radius 2 is 1.53 bits per heavy atom. The summed E-state index contributed by atoms with van der Waals surface area (Å²) in [6, 6.07) is 12.4. The van der Waals surface area contributed by atoms with Gasteiger partial charge in [0.05, 0.1) is 5.56 Å². The van der Waals surface area contributed by atoms with Crippen molar-refractivity contribution < 1.29 is 9.59 Å². The van der Waals surface area contributed by atoms with Crippen molar-refractivity contribution in [1.29, 1.82) is 0 Å². The molecule has 0 saturated heterocycles. The number of hydrogen-bond acceptors (Lipinski definition) is 2. The minimum atomic E-state index is -0.582. The van der Waals surface area contributed by atoms with Crippen LogP contribution in [0.1, 0.15) is 26.3 Å². The largest absolute Gasteiger partial charge is 0.366 e. The van der Waals surface area contributed by atoms with E-state index in [1.807, 2.05) is 30.3 Å². The lowest BCUT2D eigenvalue weighted by atomic mass is 9.90. The first-order valence-corrected chi connectivity index (χ1v) is 5.81. The number of amides is 2. The molecule has 0 unspecified atom stereocenters. The summed E-state index contributed by atoms with van der Waals surface area (Å²) < 4.78 is 0. The van der Waals surface area contributed by atoms with E-state index in [4.69, 9.17) is 11.5 Å². The van der Waals surface area contributed by atoms with Crippen LogP contribution in [0, 0.1) is 6.92 Å². The molecule has 0 aliphatic carbocycles. The van der Waals surface area contributed by atoms with Gasteiger partial charge < -0.3 is 11.5 Å². The highest BCUT2D eigenvalue weighted by Crippen LogP contribution is 2.29. The molecule has 4 N–H and O–H groups in total. The minimum absolute atomic E-state index is 0.297. The van der Waals surface area contributed by atoms with Gasteiger partial charge in [-0.25, -0.2) is 0 Å². The second kappa shape index (κ2) is 4.94. The molecule has 2 aromatic rings. The summed E-state index contributed by atoms with van der Waals surface area (Å²) in [5.74, 6) is -1.15. The summed E-state index contributed by atoms with van der Waals surface area (Å²) in [5, 5.41) is 0. The van der Waals surface area contributed by atoms with Crippen LogP contribution in [0.4, 0.5) is 0 Å². The molecule has 0 aliphatic rings. The van der Waals surface area contributed by atoms with Crippen molar-refractivity contribution in [2.24, 2.45) is 11.5 Å². The fraction of sp³-hybridized carbons (Fsp3) is 0.0667. The summed E-state index contributed by atoms with van der Waals surface area (Å²) in [4.78, 5) is 23.2. The third-order valence-corrected chi connectivity index (χ3v) is 2.99. The molecular weight excluding hydrogens is 240 g/mol. The smallest absolute Gasteiger partial charge is 0.249 e. The number of carbonyl (C=O) groups is 2. The highest BCUT2D eigenvalue weighted by Gasteiger charge is 2.19. The van der Waals surface area contributed by atoms with Crippen molar-refractivity contribution in [3.05, 3.63) is 59.2 Å². The van der Waals surface area contributed by atoms with E-state index in [-0.39, 0.29) is 0 Å². The highest BCUT2D eigenvalue weighted by atomic mass is 16.1. The maximum Gasteiger partial charge on any atom is 0.249 e. The maximum absolute atomic E-state index is 11.7. The predicted molar refractivity (Wildman–Crippen MR) is 73.7 cm³/mol. The van der Waals surface area contributed by atoms with Crippen LogP contribution < -0.4 is 11.5 Å². The molecule has 0 spiro atoms. The number of hydrogen-bond donors (Lipinski definition) is 2. The molecule has 0 aliphatic heterocycles. The van der Waals surface area contributed by atoms with Gasteiger partial charge in [-0.15, -0.1) is 0 Å². The summed E-state index contributed by atoms with van der Waals surface area (Å²) in [5.41, 5.74) is 13.4. The Hall–Kier alpha value is -2.62. The van der Waals surface area contributed by atoms with E-state index in [0.29, 0.717) is 16.7 Å². The second-order valence-corrected chi connectivity index (χ2v) is 4.27. The van der Waals surface area contributed by atoms with E-state index in [1.54, 1.807) is 19.1 Å². The number of rotatable bonds is 3. The van der Waals surface area contributed by atoms with Gasteiger partial charge in [0.15, 0.2) is 0 Å². The van der Waals surface area contributed by atoms with Crippen LogP contribution >= 0.6 is 0 Å². The SMILES string of the molecule is Cc1ccc(C(N)=O)c(-c2ccccc2)c1C(N)=O. The Balaban J connectivity index is 2.85. The fourth-order valence-electron chi connectivity index (χ4n) is 2.13. The molecule has 19 heavy (non-hydrogen) atoms. The van der Waals surface area contributed by atoms with Gasteiger partial charge in [-0.3, -0.25) is 9.59 Å². The normalized spacial score (nSPS) is 10.2. The lowest BCUT2D eigenvalue weighted by Crippen LogP contribution is -2.19. The summed E-state index contributed by atoms with van der Waals surface area (Å²) in [6.07, 6.45) is 0. The maximum atomic E-state index is 11.7. The number of nitrogens with two attached hydrogens (primary N) is 2. The average molecular weight is 254 g/mol.